The largest absolute Gasteiger partial charge is 0.466 e. The highest BCUT2D eigenvalue weighted by molar-refractivity contribution is 9.10. The van der Waals surface area contributed by atoms with Crippen LogP contribution in [0.2, 0.25) is 0 Å². The lowest BCUT2D eigenvalue weighted by Gasteiger charge is -2.15. The van der Waals surface area contributed by atoms with E-state index in [1.54, 1.807) is 0 Å². The summed E-state index contributed by atoms with van der Waals surface area (Å²) < 4.78 is 5.79. The standard InChI is InChI=1S/C20H19BrN2O4/c1-27-20(26)17-12-23(10-11-24)19(25)18(17)22-16-8-4-14(5-9-16)13-2-6-15(21)7-3-13/h2-9,22,24H,10-12H2,1H3. The molecule has 0 aliphatic carbocycles. The van der Waals surface area contributed by atoms with Crippen molar-refractivity contribution in [3.8, 4) is 11.1 Å². The summed E-state index contributed by atoms with van der Waals surface area (Å²) in [5, 5.41) is 12.1. The summed E-state index contributed by atoms with van der Waals surface area (Å²) in [5.41, 5.74) is 3.24. The predicted molar refractivity (Wildman–Crippen MR) is 106 cm³/mol. The molecule has 0 unspecified atom stereocenters. The van der Waals surface area contributed by atoms with Crippen LogP contribution in [0.25, 0.3) is 11.1 Å². The third-order valence-corrected chi connectivity index (χ3v) is 4.81. The molecule has 140 valence electrons. The van der Waals surface area contributed by atoms with Gasteiger partial charge < -0.3 is 20.1 Å². The first kappa shape index (κ1) is 19.1. The van der Waals surface area contributed by atoms with Crippen molar-refractivity contribution in [2.45, 2.75) is 0 Å². The molecule has 0 radical (unpaired) electrons. The topological polar surface area (TPSA) is 78.9 Å². The quantitative estimate of drug-likeness (QED) is 0.688. The molecule has 2 aromatic rings. The average Bonchev–Trinajstić information content (AvgIpc) is 2.99. The third kappa shape index (κ3) is 4.20. The van der Waals surface area contributed by atoms with E-state index in [-0.39, 0.29) is 36.9 Å². The predicted octanol–water partition coefficient (Wildman–Crippen LogP) is 2.79. The molecule has 0 atom stereocenters. The number of rotatable bonds is 6. The second-order valence-corrected chi connectivity index (χ2v) is 6.92. The number of β-amino-alcohol motifs (C(OH)–C–C–N with tert-alkyl or cyclic N) is 1. The molecule has 0 saturated carbocycles. The van der Waals surface area contributed by atoms with E-state index in [4.69, 9.17) is 9.84 Å². The van der Waals surface area contributed by atoms with Crippen LogP contribution in [-0.4, -0.2) is 48.7 Å². The van der Waals surface area contributed by atoms with Gasteiger partial charge in [0.2, 0.25) is 0 Å². The Morgan fingerprint density at radius 3 is 2.30 bits per heavy atom. The number of amides is 1. The Kier molecular flexibility index (Phi) is 5.93. The maximum absolute atomic E-state index is 12.5. The molecular formula is C20H19BrN2O4. The first-order chi connectivity index (χ1) is 13.0. The van der Waals surface area contributed by atoms with Gasteiger partial charge in [-0.1, -0.05) is 40.2 Å². The number of aliphatic hydroxyl groups is 1. The van der Waals surface area contributed by atoms with Crippen LogP contribution in [-0.2, 0) is 14.3 Å². The number of carbonyl (C=O) groups excluding carboxylic acids is 2. The van der Waals surface area contributed by atoms with Gasteiger partial charge in [0.1, 0.15) is 5.70 Å². The summed E-state index contributed by atoms with van der Waals surface area (Å²) in [4.78, 5) is 26.0. The van der Waals surface area contributed by atoms with Crippen LogP contribution in [0.3, 0.4) is 0 Å². The van der Waals surface area contributed by atoms with Gasteiger partial charge >= 0.3 is 5.97 Å². The molecule has 1 heterocycles. The van der Waals surface area contributed by atoms with E-state index in [1.807, 2.05) is 48.5 Å². The second kappa shape index (κ2) is 8.37. The SMILES string of the molecule is COC(=O)C1=C(Nc2ccc(-c3ccc(Br)cc3)cc2)C(=O)N(CCO)C1. The van der Waals surface area contributed by atoms with Gasteiger partial charge in [-0.3, -0.25) is 4.79 Å². The normalized spacial score (nSPS) is 13.9. The second-order valence-electron chi connectivity index (χ2n) is 6.00. The Balaban J connectivity index is 1.82. The Hall–Kier alpha value is -2.64. The number of carbonyl (C=O) groups is 2. The molecule has 0 bridgehead atoms. The van der Waals surface area contributed by atoms with Crippen molar-refractivity contribution < 1.29 is 19.4 Å². The fourth-order valence-electron chi connectivity index (χ4n) is 2.88. The summed E-state index contributed by atoms with van der Waals surface area (Å²) in [5.74, 6) is -0.890. The van der Waals surface area contributed by atoms with Gasteiger partial charge in [0.05, 0.1) is 25.8 Å². The smallest absolute Gasteiger partial charge is 0.337 e. The highest BCUT2D eigenvalue weighted by Gasteiger charge is 2.34. The van der Waals surface area contributed by atoms with E-state index in [1.165, 1.54) is 12.0 Å². The number of nitrogens with zero attached hydrogens (tertiary/aromatic N) is 1. The summed E-state index contributed by atoms with van der Waals surface area (Å²) in [7, 11) is 1.28. The minimum Gasteiger partial charge on any atom is -0.466 e. The Labute approximate surface area is 165 Å². The fourth-order valence-corrected chi connectivity index (χ4v) is 3.15. The van der Waals surface area contributed by atoms with E-state index in [0.717, 1.165) is 15.6 Å². The number of ether oxygens (including phenoxy) is 1. The Bertz CT molecular complexity index is 876. The molecule has 0 fully saturated rings. The first-order valence-electron chi connectivity index (χ1n) is 8.38. The van der Waals surface area contributed by atoms with Gasteiger partial charge in [-0.2, -0.15) is 0 Å². The fraction of sp³-hybridized carbons (Fsp3) is 0.200. The maximum atomic E-state index is 12.5. The third-order valence-electron chi connectivity index (χ3n) is 4.29. The lowest BCUT2D eigenvalue weighted by atomic mass is 10.1. The first-order valence-corrected chi connectivity index (χ1v) is 9.17. The highest BCUT2D eigenvalue weighted by Crippen LogP contribution is 2.26. The van der Waals surface area contributed by atoms with E-state index < -0.39 is 5.97 Å². The number of methoxy groups -OCH3 is 1. The van der Waals surface area contributed by atoms with Crippen LogP contribution in [0, 0.1) is 0 Å². The average molecular weight is 431 g/mol. The molecule has 0 aromatic heterocycles. The molecule has 2 N–H and O–H groups in total. The maximum Gasteiger partial charge on any atom is 0.337 e. The highest BCUT2D eigenvalue weighted by atomic mass is 79.9. The van der Waals surface area contributed by atoms with Crippen LogP contribution in [0.4, 0.5) is 5.69 Å². The summed E-state index contributed by atoms with van der Waals surface area (Å²) in [6.45, 7) is 0.105. The summed E-state index contributed by atoms with van der Waals surface area (Å²) in [6.07, 6.45) is 0. The zero-order valence-electron chi connectivity index (χ0n) is 14.7. The monoisotopic (exact) mass is 430 g/mol. The molecule has 0 spiro atoms. The number of halogens is 1. The molecule has 1 aliphatic heterocycles. The van der Waals surface area contributed by atoms with Gasteiger partial charge in [-0.25, -0.2) is 4.79 Å². The number of aliphatic hydroxyl groups excluding tert-OH is 1. The lowest BCUT2D eigenvalue weighted by molar-refractivity contribution is -0.136. The minimum atomic E-state index is -0.558. The van der Waals surface area contributed by atoms with Crippen LogP contribution in [0.1, 0.15) is 0 Å². The zero-order chi connectivity index (χ0) is 19.4. The summed E-state index contributed by atoms with van der Waals surface area (Å²) in [6, 6.07) is 15.5. The van der Waals surface area contributed by atoms with Crippen LogP contribution >= 0.6 is 15.9 Å². The number of esters is 1. The molecule has 3 rings (SSSR count). The van der Waals surface area contributed by atoms with Gasteiger partial charge in [-0.05, 0) is 35.4 Å². The zero-order valence-corrected chi connectivity index (χ0v) is 16.3. The molecule has 1 aliphatic rings. The van der Waals surface area contributed by atoms with Crippen molar-refractivity contribution in [3.63, 3.8) is 0 Å². The van der Waals surface area contributed by atoms with Crippen LogP contribution < -0.4 is 5.32 Å². The minimum absolute atomic E-state index is 0.116. The van der Waals surface area contributed by atoms with Crippen molar-refractivity contribution in [1.29, 1.82) is 0 Å². The van der Waals surface area contributed by atoms with Crippen molar-refractivity contribution in [3.05, 3.63) is 64.3 Å². The molecule has 1 amide bonds. The van der Waals surface area contributed by atoms with E-state index >= 15 is 0 Å². The molecule has 7 heteroatoms. The van der Waals surface area contributed by atoms with Gasteiger partial charge in [0.25, 0.3) is 5.91 Å². The number of benzene rings is 2. The summed E-state index contributed by atoms with van der Waals surface area (Å²) >= 11 is 3.42. The van der Waals surface area contributed by atoms with E-state index in [2.05, 4.69) is 21.2 Å². The molecule has 2 aromatic carbocycles. The van der Waals surface area contributed by atoms with E-state index in [9.17, 15) is 9.59 Å². The lowest BCUT2D eigenvalue weighted by Crippen LogP contribution is -2.31. The molecule has 6 nitrogen and oxygen atoms in total. The number of hydrogen-bond acceptors (Lipinski definition) is 5. The van der Waals surface area contributed by atoms with Crippen molar-refractivity contribution in [2.24, 2.45) is 0 Å². The van der Waals surface area contributed by atoms with Crippen molar-refractivity contribution in [1.82, 2.24) is 4.90 Å². The van der Waals surface area contributed by atoms with Crippen molar-refractivity contribution in [2.75, 3.05) is 32.1 Å². The van der Waals surface area contributed by atoms with Crippen molar-refractivity contribution >= 4 is 33.5 Å². The molecular weight excluding hydrogens is 412 g/mol. The van der Waals surface area contributed by atoms with Crippen LogP contribution in [0.5, 0.6) is 0 Å². The Morgan fingerprint density at radius 1 is 1.15 bits per heavy atom. The molecule has 27 heavy (non-hydrogen) atoms. The van der Waals surface area contributed by atoms with E-state index in [0.29, 0.717) is 5.69 Å². The van der Waals surface area contributed by atoms with Gasteiger partial charge in [0.15, 0.2) is 0 Å². The molecule has 0 saturated heterocycles. The number of anilines is 1. The number of nitrogens with one attached hydrogen (secondary N) is 1. The van der Waals surface area contributed by atoms with Crippen LogP contribution in [0.15, 0.2) is 64.3 Å². The number of hydrogen-bond donors (Lipinski definition) is 2. The van der Waals surface area contributed by atoms with Gasteiger partial charge in [-0.15, -0.1) is 0 Å². The van der Waals surface area contributed by atoms with Gasteiger partial charge in [0, 0.05) is 16.7 Å². The Morgan fingerprint density at radius 2 is 1.74 bits per heavy atom.